The fraction of sp³-hybridized carbons (Fsp3) is 0.316. The summed E-state index contributed by atoms with van der Waals surface area (Å²) in [5, 5.41) is 9.80. The van der Waals surface area contributed by atoms with E-state index in [1.807, 2.05) is 18.2 Å². The van der Waals surface area contributed by atoms with Gasteiger partial charge in [0.05, 0.1) is 11.3 Å². The van der Waals surface area contributed by atoms with E-state index in [0.29, 0.717) is 0 Å². The number of benzene rings is 1. The Morgan fingerprint density at radius 2 is 1.85 bits per heavy atom. The van der Waals surface area contributed by atoms with Gasteiger partial charge in [-0.1, -0.05) is 24.3 Å². The average molecular weight is 380 g/mol. The van der Waals surface area contributed by atoms with Crippen molar-refractivity contribution in [2.45, 2.75) is 38.4 Å². The molecule has 144 valence electrons. The Balaban J connectivity index is 0.000000817. The molecule has 8 heteroatoms. The molecule has 27 heavy (non-hydrogen) atoms. The van der Waals surface area contributed by atoms with Crippen molar-refractivity contribution in [2.75, 3.05) is 0 Å². The molecule has 2 N–H and O–H groups in total. The molecule has 0 saturated heterocycles. The quantitative estimate of drug-likeness (QED) is 0.783. The van der Waals surface area contributed by atoms with Gasteiger partial charge in [-0.05, 0) is 49.4 Å². The minimum Gasteiger partial charge on any atom is -0.483 e. The van der Waals surface area contributed by atoms with Crippen molar-refractivity contribution in [1.82, 2.24) is 10.3 Å². The van der Waals surface area contributed by atoms with Crippen LogP contribution in [0.25, 0.3) is 0 Å². The lowest BCUT2D eigenvalue weighted by atomic mass is 9.88. The van der Waals surface area contributed by atoms with Crippen LogP contribution in [0.5, 0.6) is 0 Å². The maximum atomic E-state index is 12.7. The summed E-state index contributed by atoms with van der Waals surface area (Å²) in [5.41, 5.74) is 1.77. The van der Waals surface area contributed by atoms with E-state index in [-0.39, 0.29) is 29.7 Å². The third-order valence-corrected chi connectivity index (χ3v) is 4.30. The van der Waals surface area contributed by atoms with Gasteiger partial charge in [-0.15, -0.1) is 0 Å². The number of hydrogen-bond acceptors (Lipinski definition) is 3. The minimum absolute atomic E-state index is 0.0194. The number of amides is 1. The Hall–Kier alpha value is -2.90. The number of aryl methyl sites for hydroxylation is 2. The standard InChI is InChI=1S/C18H17F3N2O.CH2O2/c1-11-15(8-9-16(22-11)18(19,20)21)17(24)23-14-7-6-12-4-2-3-5-13(12)10-14;2-1-3/h2-5,8-9,14H,6-7,10H2,1H3,(H,23,24);1H,(H,2,3)/t14-;/m1./s1. The largest absolute Gasteiger partial charge is 0.483 e. The molecule has 1 aliphatic carbocycles. The second-order valence-corrected chi connectivity index (χ2v) is 6.11. The number of halogens is 3. The van der Waals surface area contributed by atoms with E-state index in [1.54, 1.807) is 0 Å². The predicted octanol–water partition coefficient (Wildman–Crippen LogP) is 3.40. The van der Waals surface area contributed by atoms with Crippen LogP contribution in [-0.2, 0) is 23.8 Å². The molecule has 0 unspecified atom stereocenters. The zero-order valence-electron chi connectivity index (χ0n) is 14.6. The third kappa shape index (κ3) is 5.29. The number of nitrogens with zero attached hydrogens (tertiary/aromatic N) is 1. The van der Waals surface area contributed by atoms with E-state index in [4.69, 9.17) is 9.90 Å². The molecule has 0 saturated carbocycles. The molecular formula is C19H19F3N2O3. The number of fused-ring (bicyclic) bond motifs is 1. The summed E-state index contributed by atoms with van der Waals surface area (Å²) in [5.74, 6) is -0.377. The summed E-state index contributed by atoms with van der Waals surface area (Å²) in [7, 11) is 0. The summed E-state index contributed by atoms with van der Waals surface area (Å²) in [6, 6.07) is 10.1. The first kappa shape index (κ1) is 20.4. The van der Waals surface area contributed by atoms with Crippen LogP contribution < -0.4 is 5.32 Å². The van der Waals surface area contributed by atoms with Crippen molar-refractivity contribution >= 4 is 12.4 Å². The summed E-state index contributed by atoms with van der Waals surface area (Å²) >= 11 is 0. The Labute approximate surface area is 154 Å². The van der Waals surface area contributed by atoms with Crippen molar-refractivity contribution in [3.8, 4) is 0 Å². The molecular weight excluding hydrogens is 361 g/mol. The van der Waals surface area contributed by atoms with E-state index >= 15 is 0 Å². The third-order valence-electron chi connectivity index (χ3n) is 4.30. The van der Waals surface area contributed by atoms with Crippen LogP contribution in [0.4, 0.5) is 13.2 Å². The lowest BCUT2D eigenvalue weighted by molar-refractivity contribution is -0.141. The Morgan fingerprint density at radius 3 is 2.44 bits per heavy atom. The highest BCUT2D eigenvalue weighted by Gasteiger charge is 2.33. The van der Waals surface area contributed by atoms with Gasteiger partial charge in [0.1, 0.15) is 5.69 Å². The average Bonchev–Trinajstić information content (AvgIpc) is 2.61. The monoisotopic (exact) mass is 380 g/mol. The van der Waals surface area contributed by atoms with Gasteiger partial charge in [0.25, 0.3) is 12.4 Å². The van der Waals surface area contributed by atoms with E-state index < -0.39 is 11.9 Å². The Kier molecular flexibility index (Phi) is 6.55. The normalized spacial score (nSPS) is 15.8. The number of carbonyl (C=O) groups excluding carboxylic acids is 1. The van der Waals surface area contributed by atoms with Crippen molar-refractivity contribution in [3.05, 3.63) is 64.5 Å². The van der Waals surface area contributed by atoms with Crippen LogP contribution >= 0.6 is 0 Å². The molecule has 0 fully saturated rings. The summed E-state index contributed by atoms with van der Waals surface area (Å²) in [6.07, 6.45) is -2.08. The number of hydrogen-bond donors (Lipinski definition) is 2. The second kappa shape index (κ2) is 8.66. The molecule has 0 aliphatic heterocycles. The summed E-state index contributed by atoms with van der Waals surface area (Å²) in [6.45, 7) is 1.17. The first-order chi connectivity index (χ1) is 12.8. The van der Waals surface area contributed by atoms with E-state index in [0.717, 1.165) is 25.3 Å². The maximum absolute atomic E-state index is 12.7. The maximum Gasteiger partial charge on any atom is 0.433 e. The lowest BCUT2D eigenvalue weighted by Gasteiger charge is -2.25. The fourth-order valence-corrected chi connectivity index (χ4v) is 3.04. The van der Waals surface area contributed by atoms with Crippen molar-refractivity contribution in [3.63, 3.8) is 0 Å². The number of rotatable bonds is 2. The topological polar surface area (TPSA) is 79.3 Å². The molecule has 3 rings (SSSR count). The number of aromatic nitrogens is 1. The van der Waals surface area contributed by atoms with Crippen molar-refractivity contribution < 1.29 is 27.9 Å². The highest BCUT2D eigenvalue weighted by molar-refractivity contribution is 5.95. The van der Waals surface area contributed by atoms with Gasteiger partial charge < -0.3 is 10.4 Å². The number of nitrogens with one attached hydrogen (secondary N) is 1. The number of carbonyl (C=O) groups is 2. The van der Waals surface area contributed by atoms with Crippen LogP contribution in [-0.4, -0.2) is 28.5 Å². The Bertz CT molecular complexity index is 822. The zero-order chi connectivity index (χ0) is 20.0. The van der Waals surface area contributed by atoms with Gasteiger partial charge in [0.15, 0.2) is 0 Å². The van der Waals surface area contributed by atoms with Crippen LogP contribution in [0.1, 0.15) is 39.3 Å². The van der Waals surface area contributed by atoms with Crippen LogP contribution in [0.2, 0.25) is 0 Å². The first-order valence-corrected chi connectivity index (χ1v) is 8.26. The smallest absolute Gasteiger partial charge is 0.433 e. The van der Waals surface area contributed by atoms with Gasteiger partial charge in [-0.3, -0.25) is 9.59 Å². The molecule has 5 nitrogen and oxygen atoms in total. The number of carboxylic acid groups (broad SMARTS) is 1. The highest BCUT2D eigenvalue weighted by Crippen LogP contribution is 2.28. The molecule has 1 aromatic heterocycles. The molecule has 0 spiro atoms. The van der Waals surface area contributed by atoms with E-state index in [2.05, 4.69) is 16.4 Å². The van der Waals surface area contributed by atoms with Crippen LogP contribution in [0, 0.1) is 6.92 Å². The molecule has 1 heterocycles. The fourth-order valence-electron chi connectivity index (χ4n) is 3.04. The second-order valence-electron chi connectivity index (χ2n) is 6.11. The van der Waals surface area contributed by atoms with Crippen molar-refractivity contribution in [1.29, 1.82) is 0 Å². The number of pyridine rings is 1. The summed E-state index contributed by atoms with van der Waals surface area (Å²) < 4.78 is 38.0. The van der Waals surface area contributed by atoms with Gasteiger partial charge in [-0.25, -0.2) is 4.98 Å². The zero-order valence-corrected chi connectivity index (χ0v) is 14.6. The van der Waals surface area contributed by atoms with Gasteiger partial charge >= 0.3 is 6.18 Å². The Morgan fingerprint density at radius 1 is 1.22 bits per heavy atom. The van der Waals surface area contributed by atoms with Crippen LogP contribution in [0.3, 0.4) is 0 Å². The first-order valence-electron chi connectivity index (χ1n) is 8.26. The molecule has 1 atom stereocenters. The molecule has 1 amide bonds. The SMILES string of the molecule is Cc1nc(C(F)(F)F)ccc1C(=O)N[C@@H]1CCc2ccccc2C1.O=CO. The highest BCUT2D eigenvalue weighted by atomic mass is 19.4. The predicted molar refractivity (Wildman–Crippen MR) is 92.4 cm³/mol. The van der Waals surface area contributed by atoms with Crippen molar-refractivity contribution in [2.24, 2.45) is 0 Å². The van der Waals surface area contributed by atoms with Crippen LogP contribution in [0.15, 0.2) is 36.4 Å². The van der Waals surface area contributed by atoms with E-state index in [9.17, 15) is 18.0 Å². The molecule has 0 bridgehead atoms. The van der Waals surface area contributed by atoms with E-state index in [1.165, 1.54) is 24.1 Å². The van der Waals surface area contributed by atoms with Gasteiger partial charge in [-0.2, -0.15) is 13.2 Å². The molecule has 1 aliphatic rings. The minimum atomic E-state index is -4.51. The molecule has 2 aromatic rings. The number of alkyl halides is 3. The summed E-state index contributed by atoms with van der Waals surface area (Å²) in [4.78, 5) is 24.2. The lowest BCUT2D eigenvalue weighted by Crippen LogP contribution is -2.39. The van der Waals surface area contributed by atoms with Gasteiger partial charge in [0, 0.05) is 6.04 Å². The molecule has 1 aromatic carbocycles. The molecule has 0 radical (unpaired) electrons. The van der Waals surface area contributed by atoms with Gasteiger partial charge in [0.2, 0.25) is 0 Å².